The second-order valence-corrected chi connectivity index (χ2v) is 5.10. The van der Waals surface area contributed by atoms with E-state index in [1.807, 2.05) is 0 Å². The number of nitrogens with zero attached hydrogens (tertiary/aromatic N) is 1. The highest BCUT2D eigenvalue weighted by Crippen LogP contribution is 2.15. The number of carbonyl (C=O) groups excluding carboxylic acids is 2. The Morgan fingerprint density at radius 2 is 2.00 bits per heavy atom. The number of likely N-dealkylation sites (tertiary alicyclic amines) is 1. The van der Waals surface area contributed by atoms with E-state index in [1.165, 1.54) is 24.3 Å². The number of nitrogens with one attached hydrogen (secondary N) is 2. The molecule has 0 aromatic heterocycles. The number of hydrogen-bond acceptors (Lipinski definition) is 3. The van der Waals surface area contributed by atoms with Gasteiger partial charge in [0.1, 0.15) is 5.82 Å². The van der Waals surface area contributed by atoms with Crippen molar-refractivity contribution in [1.82, 2.24) is 10.2 Å². The van der Waals surface area contributed by atoms with Crippen molar-refractivity contribution in [3.05, 3.63) is 30.1 Å². The van der Waals surface area contributed by atoms with Gasteiger partial charge in [-0.1, -0.05) is 6.92 Å². The van der Waals surface area contributed by atoms with E-state index in [2.05, 4.69) is 22.5 Å². The number of anilines is 1. The predicted molar refractivity (Wildman–Crippen MR) is 78.3 cm³/mol. The minimum absolute atomic E-state index is 0.303. The van der Waals surface area contributed by atoms with Crippen LogP contribution in [0.4, 0.5) is 10.1 Å². The SMILES string of the molecule is CCN1CCC[C@@H]1CNC(=O)C(=O)Nc1ccc(F)cc1. The molecule has 0 radical (unpaired) electrons. The lowest BCUT2D eigenvalue weighted by Gasteiger charge is -2.22. The van der Waals surface area contributed by atoms with Crippen LogP contribution in [-0.2, 0) is 9.59 Å². The maximum atomic E-state index is 12.7. The summed E-state index contributed by atoms with van der Waals surface area (Å²) in [6.07, 6.45) is 2.16. The summed E-state index contributed by atoms with van der Waals surface area (Å²) >= 11 is 0. The third-order valence-electron chi connectivity index (χ3n) is 3.71. The van der Waals surface area contributed by atoms with E-state index in [-0.39, 0.29) is 0 Å². The maximum absolute atomic E-state index is 12.7. The Morgan fingerprint density at radius 1 is 1.29 bits per heavy atom. The summed E-state index contributed by atoms with van der Waals surface area (Å²) in [5.41, 5.74) is 0.396. The van der Waals surface area contributed by atoms with Crippen LogP contribution in [0.1, 0.15) is 19.8 Å². The van der Waals surface area contributed by atoms with E-state index in [9.17, 15) is 14.0 Å². The standard InChI is InChI=1S/C15H20FN3O2/c1-2-19-9-3-4-13(19)10-17-14(20)15(21)18-12-7-5-11(16)6-8-12/h5-8,13H,2-4,9-10H2,1H3,(H,17,20)(H,18,21)/t13-/m1/s1. The number of halogens is 1. The van der Waals surface area contributed by atoms with Gasteiger partial charge in [-0.15, -0.1) is 0 Å². The molecule has 0 aliphatic carbocycles. The molecule has 1 aromatic carbocycles. The Labute approximate surface area is 123 Å². The van der Waals surface area contributed by atoms with E-state index >= 15 is 0 Å². The summed E-state index contributed by atoms with van der Waals surface area (Å²) in [5, 5.41) is 5.09. The van der Waals surface area contributed by atoms with Crippen molar-refractivity contribution >= 4 is 17.5 Å². The molecule has 5 nitrogen and oxygen atoms in total. The number of rotatable bonds is 4. The fraction of sp³-hybridized carbons (Fsp3) is 0.467. The van der Waals surface area contributed by atoms with Crippen molar-refractivity contribution in [1.29, 1.82) is 0 Å². The van der Waals surface area contributed by atoms with E-state index in [0.29, 0.717) is 18.3 Å². The molecule has 114 valence electrons. The number of hydrogen-bond donors (Lipinski definition) is 2. The molecule has 1 aliphatic rings. The molecule has 0 spiro atoms. The van der Waals surface area contributed by atoms with Crippen molar-refractivity contribution < 1.29 is 14.0 Å². The van der Waals surface area contributed by atoms with E-state index < -0.39 is 17.6 Å². The van der Waals surface area contributed by atoms with Crippen LogP contribution in [-0.4, -0.2) is 42.4 Å². The molecule has 21 heavy (non-hydrogen) atoms. The van der Waals surface area contributed by atoms with Crippen molar-refractivity contribution in [2.75, 3.05) is 25.0 Å². The number of likely N-dealkylation sites (N-methyl/N-ethyl adjacent to an activating group) is 1. The summed E-state index contributed by atoms with van der Waals surface area (Å²) in [6.45, 7) is 4.55. The molecule has 1 fully saturated rings. The zero-order valence-corrected chi connectivity index (χ0v) is 12.1. The molecule has 1 aromatic rings. The highest BCUT2D eigenvalue weighted by atomic mass is 19.1. The topological polar surface area (TPSA) is 61.4 Å². The van der Waals surface area contributed by atoms with Gasteiger partial charge in [-0.05, 0) is 50.2 Å². The number of amides is 2. The van der Waals surface area contributed by atoms with Gasteiger partial charge in [-0.3, -0.25) is 14.5 Å². The second kappa shape index (κ2) is 7.17. The van der Waals surface area contributed by atoms with Crippen molar-refractivity contribution in [3.8, 4) is 0 Å². The van der Waals surface area contributed by atoms with Crippen LogP contribution in [0.2, 0.25) is 0 Å². The fourth-order valence-electron chi connectivity index (χ4n) is 2.55. The predicted octanol–water partition coefficient (Wildman–Crippen LogP) is 1.36. The Morgan fingerprint density at radius 3 is 2.67 bits per heavy atom. The second-order valence-electron chi connectivity index (χ2n) is 5.10. The molecular formula is C15H20FN3O2. The van der Waals surface area contributed by atoms with Crippen LogP contribution in [0.3, 0.4) is 0 Å². The average molecular weight is 293 g/mol. The summed E-state index contributed by atoms with van der Waals surface area (Å²) < 4.78 is 12.7. The lowest BCUT2D eigenvalue weighted by atomic mass is 10.2. The van der Waals surface area contributed by atoms with Gasteiger partial charge in [0.05, 0.1) is 0 Å². The molecule has 2 rings (SSSR count). The first kappa shape index (κ1) is 15.4. The summed E-state index contributed by atoms with van der Waals surface area (Å²) in [7, 11) is 0. The third kappa shape index (κ3) is 4.26. The van der Waals surface area contributed by atoms with Gasteiger partial charge in [0.2, 0.25) is 0 Å². The summed E-state index contributed by atoms with van der Waals surface area (Å²) in [6, 6.07) is 5.58. The Balaban J connectivity index is 1.80. The third-order valence-corrected chi connectivity index (χ3v) is 3.71. The molecule has 1 atom stereocenters. The van der Waals surface area contributed by atoms with Crippen LogP contribution in [0.15, 0.2) is 24.3 Å². The highest BCUT2D eigenvalue weighted by molar-refractivity contribution is 6.39. The Kier molecular flexibility index (Phi) is 5.27. The molecule has 2 N–H and O–H groups in total. The Bertz CT molecular complexity index is 504. The van der Waals surface area contributed by atoms with Crippen LogP contribution < -0.4 is 10.6 Å². The first-order valence-electron chi connectivity index (χ1n) is 7.19. The molecule has 0 bridgehead atoms. The van der Waals surface area contributed by atoms with Crippen molar-refractivity contribution in [3.63, 3.8) is 0 Å². The summed E-state index contributed by atoms with van der Waals surface area (Å²) in [4.78, 5) is 25.8. The molecule has 0 unspecified atom stereocenters. The monoisotopic (exact) mass is 293 g/mol. The van der Waals surface area contributed by atoms with Gasteiger partial charge in [-0.25, -0.2) is 4.39 Å². The largest absolute Gasteiger partial charge is 0.346 e. The smallest absolute Gasteiger partial charge is 0.313 e. The van der Waals surface area contributed by atoms with E-state index in [4.69, 9.17) is 0 Å². The van der Waals surface area contributed by atoms with Gasteiger partial charge < -0.3 is 10.6 Å². The lowest BCUT2D eigenvalue weighted by molar-refractivity contribution is -0.136. The Hall–Kier alpha value is -1.95. The molecular weight excluding hydrogens is 273 g/mol. The zero-order valence-electron chi connectivity index (χ0n) is 12.1. The van der Waals surface area contributed by atoms with Gasteiger partial charge in [0.25, 0.3) is 0 Å². The minimum atomic E-state index is -0.734. The first-order valence-corrected chi connectivity index (χ1v) is 7.19. The summed E-state index contributed by atoms with van der Waals surface area (Å²) in [5.74, 6) is -1.79. The van der Waals surface area contributed by atoms with Crippen LogP contribution in [0.25, 0.3) is 0 Å². The fourth-order valence-corrected chi connectivity index (χ4v) is 2.55. The highest BCUT2D eigenvalue weighted by Gasteiger charge is 2.24. The van der Waals surface area contributed by atoms with Crippen LogP contribution in [0.5, 0.6) is 0 Å². The quantitative estimate of drug-likeness (QED) is 0.824. The van der Waals surface area contributed by atoms with Gasteiger partial charge in [-0.2, -0.15) is 0 Å². The van der Waals surface area contributed by atoms with E-state index in [1.54, 1.807) is 0 Å². The van der Waals surface area contributed by atoms with E-state index in [0.717, 1.165) is 25.9 Å². The normalized spacial score (nSPS) is 18.5. The van der Waals surface area contributed by atoms with Gasteiger partial charge in [0.15, 0.2) is 0 Å². The average Bonchev–Trinajstić information content (AvgIpc) is 2.94. The lowest BCUT2D eigenvalue weighted by Crippen LogP contribution is -2.43. The first-order chi connectivity index (χ1) is 10.1. The van der Waals surface area contributed by atoms with Crippen molar-refractivity contribution in [2.45, 2.75) is 25.8 Å². The number of benzene rings is 1. The molecule has 1 heterocycles. The maximum Gasteiger partial charge on any atom is 0.313 e. The minimum Gasteiger partial charge on any atom is -0.346 e. The molecule has 1 aliphatic heterocycles. The van der Waals surface area contributed by atoms with Gasteiger partial charge in [0, 0.05) is 18.3 Å². The zero-order chi connectivity index (χ0) is 15.2. The molecule has 6 heteroatoms. The molecule has 2 amide bonds. The van der Waals surface area contributed by atoms with Crippen LogP contribution >= 0.6 is 0 Å². The van der Waals surface area contributed by atoms with Gasteiger partial charge >= 0.3 is 11.8 Å². The van der Waals surface area contributed by atoms with Crippen molar-refractivity contribution in [2.24, 2.45) is 0 Å². The molecule has 1 saturated heterocycles. The van der Waals surface area contributed by atoms with Crippen LogP contribution in [0, 0.1) is 5.82 Å². The molecule has 0 saturated carbocycles. The number of carbonyl (C=O) groups is 2.